The zero-order valence-electron chi connectivity index (χ0n) is 18.8. The number of hydrogen-bond acceptors (Lipinski definition) is 6. The van der Waals surface area contributed by atoms with Crippen LogP contribution in [0.5, 0.6) is 0 Å². The van der Waals surface area contributed by atoms with Crippen LogP contribution < -0.4 is 4.72 Å². The molecule has 2 aliphatic heterocycles. The molecule has 0 unspecified atom stereocenters. The average Bonchev–Trinajstić information content (AvgIpc) is 3.36. The van der Waals surface area contributed by atoms with Gasteiger partial charge in [0.15, 0.2) is 0 Å². The Morgan fingerprint density at radius 1 is 0.818 bits per heavy atom. The first-order chi connectivity index (χ1) is 15.8. The summed E-state index contributed by atoms with van der Waals surface area (Å²) in [5, 5.41) is 0. The van der Waals surface area contributed by atoms with Crippen molar-refractivity contribution in [3.63, 3.8) is 0 Å². The standard InChI is InChI=1S/C23H31N3O5S2/c1-19(23(20-7-3-2-4-8-20)25-15-17-31-18-16-25)24-32(27,28)21-9-11-22(12-10-21)33(29,30)26-13-5-6-14-26/h2-4,7-12,19,23-24H,5-6,13-18H2,1H3/t19-,23+/m0/s1. The Balaban J connectivity index is 1.54. The quantitative estimate of drug-likeness (QED) is 0.606. The second-order valence-corrected chi connectivity index (χ2v) is 12.1. The van der Waals surface area contributed by atoms with E-state index in [1.807, 2.05) is 37.3 Å². The van der Waals surface area contributed by atoms with Gasteiger partial charge in [0.05, 0.1) is 29.0 Å². The van der Waals surface area contributed by atoms with E-state index in [-0.39, 0.29) is 15.8 Å². The summed E-state index contributed by atoms with van der Waals surface area (Å²) in [4.78, 5) is 2.40. The van der Waals surface area contributed by atoms with Crippen LogP contribution >= 0.6 is 0 Å². The van der Waals surface area contributed by atoms with Gasteiger partial charge in [-0.3, -0.25) is 4.90 Å². The fourth-order valence-corrected chi connectivity index (χ4v) is 7.33. The molecule has 0 saturated carbocycles. The molecule has 2 aromatic carbocycles. The number of benzene rings is 2. The minimum absolute atomic E-state index is 0.0449. The Kier molecular flexibility index (Phi) is 7.52. The monoisotopic (exact) mass is 493 g/mol. The second-order valence-electron chi connectivity index (χ2n) is 8.50. The lowest BCUT2D eigenvalue weighted by Gasteiger charge is -2.38. The highest BCUT2D eigenvalue weighted by molar-refractivity contribution is 7.89. The van der Waals surface area contributed by atoms with Crippen LogP contribution in [0.1, 0.15) is 31.4 Å². The molecule has 33 heavy (non-hydrogen) atoms. The Bertz CT molecular complexity index is 1130. The molecule has 2 saturated heterocycles. The molecule has 0 bridgehead atoms. The number of nitrogens with one attached hydrogen (secondary N) is 1. The lowest BCUT2D eigenvalue weighted by molar-refractivity contribution is 0.0105. The molecule has 2 atom stereocenters. The van der Waals surface area contributed by atoms with Gasteiger partial charge in [0, 0.05) is 32.2 Å². The van der Waals surface area contributed by atoms with Crippen molar-refractivity contribution in [1.29, 1.82) is 0 Å². The summed E-state index contributed by atoms with van der Waals surface area (Å²) in [6.07, 6.45) is 1.69. The van der Waals surface area contributed by atoms with Gasteiger partial charge in [-0.05, 0) is 49.6 Å². The normalized spacial score (nSPS) is 20.5. The third-order valence-corrected chi connectivity index (χ3v) is 9.72. The van der Waals surface area contributed by atoms with Gasteiger partial charge in [-0.25, -0.2) is 21.6 Å². The van der Waals surface area contributed by atoms with E-state index in [0.717, 1.165) is 18.4 Å². The van der Waals surface area contributed by atoms with E-state index in [9.17, 15) is 16.8 Å². The number of nitrogens with zero attached hydrogens (tertiary/aromatic N) is 2. The zero-order chi connectivity index (χ0) is 23.5. The van der Waals surface area contributed by atoms with Crippen LogP contribution in [0.25, 0.3) is 0 Å². The number of hydrogen-bond donors (Lipinski definition) is 1. The van der Waals surface area contributed by atoms with E-state index >= 15 is 0 Å². The summed E-state index contributed by atoms with van der Waals surface area (Å²) in [7, 11) is -7.44. The molecule has 0 radical (unpaired) electrons. The van der Waals surface area contributed by atoms with Gasteiger partial charge in [-0.1, -0.05) is 30.3 Å². The van der Waals surface area contributed by atoms with Crippen molar-refractivity contribution in [3.8, 4) is 0 Å². The van der Waals surface area contributed by atoms with Crippen LogP contribution in [0.4, 0.5) is 0 Å². The molecule has 1 N–H and O–H groups in total. The minimum Gasteiger partial charge on any atom is -0.379 e. The lowest BCUT2D eigenvalue weighted by Crippen LogP contribution is -2.48. The van der Waals surface area contributed by atoms with Crippen LogP contribution in [0.2, 0.25) is 0 Å². The lowest BCUT2D eigenvalue weighted by atomic mass is 9.99. The highest BCUT2D eigenvalue weighted by Gasteiger charge is 2.31. The van der Waals surface area contributed by atoms with E-state index in [1.54, 1.807) is 0 Å². The first-order valence-corrected chi connectivity index (χ1v) is 14.2. The fourth-order valence-electron chi connectivity index (χ4n) is 4.57. The maximum absolute atomic E-state index is 13.2. The third-order valence-electron chi connectivity index (χ3n) is 6.23. The molecule has 180 valence electrons. The predicted octanol–water partition coefficient (Wildman–Crippen LogP) is 2.21. The van der Waals surface area contributed by atoms with Gasteiger partial charge in [-0.15, -0.1) is 0 Å². The molecule has 2 aromatic rings. The van der Waals surface area contributed by atoms with Crippen LogP contribution in [0, 0.1) is 0 Å². The molecular formula is C23H31N3O5S2. The summed E-state index contributed by atoms with van der Waals surface area (Å²) in [5.74, 6) is 0. The maximum atomic E-state index is 13.2. The van der Waals surface area contributed by atoms with Crippen LogP contribution in [-0.4, -0.2) is 71.5 Å². The number of ether oxygens (including phenoxy) is 1. The zero-order valence-corrected chi connectivity index (χ0v) is 20.4. The number of morpholine rings is 1. The highest BCUT2D eigenvalue weighted by atomic mass is 32.2. The third kappa shape index (κ3) is 5.47. The van der Waals surface area contributed by atoms with Crippen molar-refractivity contribution in [2.24, 2.45) is 0 Å². The van der Waals surface area contributed by atoms with Gasteiger partial charge in [0.1, 0.15) is 0 Å². The van der Waals surface area contributed by atoms with Gasteiger partial charge < -0.3 is 4.74 Å². The van der Waals surface area contributed by atoms with Crippen molar-refractivity contribution in [1.82, 2.24) is 13.9 Å². The molecule has 8 nitrogen and oxygen atoms in total. The van der Waals surface area contributed by atoms with Crippen molar-refractivity contribution >= 4 is 20.0 Å². The van der Waals surface area contributed by atoms with Gasteiger partial charge >= 0.3 is 0 Å². The second kappa shape index (κ2) is 10.2. The molecule has 4 rings (SSSR count). The average molecular weight is 494 g/mol. The molecular weight excluding hydrogens is 462 g/mol. The van der Waals surface area contributed by atoms with Crippen LogP contribution in [-0.2, 0) is 24.8 Å². The summed E-state index contributed by atoms with van der Waals surface area (Å²) in [6.45, 7) is 5.51. The predicted molar refractivity (Wildman–Crippen MR) is 126 cm³/mol. The summed E-state index contributed by atoms with van der Waals surface area (Å²) >= 11 is 0. The Labute approximate surface area is 196 Å². The first kappa shape index (κ1) is 24.3. The molecule has 2 aliphatic rings. The van der Waals surface area contributed by atoms with Crippen molar-refractivity contribution in [2.45, 2.75) is 41.6 Å². The maximum Gasteiger partial charge on any atom is 0.243 e. The van der Waals surface area contributed by atoms with E-state index in [1.165, 1.54) is 28.6 Å². The molecule has 0 amide bonds. The van der Waals surface area contributed by atoms with Crippen molar-refractivity contribution in [3.05, 3.63) is 60.2 Å². The van der Waals surface area contributed by atoms with Gasteiger partial charge in [0.25, 0.3) is 0 Å². The molecule has 2 fully saturated rings. The number of sulfonamides is 2. The Hall–Kier alpha value is -1.82. The van der Waals surface area contributed by atoms with E-state index in [2.05, 4.69) is 9.62 Å². The fraction of sp³-hybridized carbons (Fsp3) is 0.478. The van der Waals surface area contributed by atoms with E-state index < -0.39 is 26.1 Å². The smallest absolute Gasteiger partial charge is 0.243 e. The SMILES string of the molecule is C[C@H](NS(=O)(=O)c1ccc(S(=O)(=O)N2CCCC2)cc1)[C@H](c1ccccc1)N1CCOCC1. The molecule has 0 aliphatic carbocycles. The largest absolute Gasteiger partial charge is 0.379 e. The van der Waals surface area contributed by atoms with Crippen LogP contribution in [0.15, 0.2) is 64.4 Å². The molecule has 0 spiro atoms. The molecule has 2 heterocycles. The van der Waals surface area contributed by atoms with Gasteiger partial charge in [-0.2, -0.15) is 4.31 Å². The topological polar surface area (TPSA) is 96.0 Å². The summed E-state index contributed by atoms with van der Waals surface area (Å²) < 4.78 is 61.5. The Morgan fingerprint density at radius 2 is 1.39 bits per heavy atom. The van der Waals surface area contributed by atoms with Gasteiger partial charge in [0.2, 0.25) is 20.0 Å². The Morgan fingerprint density at radius 3 is 2.00 bits per heavy atom. The van der Waals surface area contributed by atoms with E-state index in [4.69, 9.17) is 4.74 Å². The highest BCUT2D eigenvalue weighted by Crippen LogP contribution is 2.27. The summed E-state index contributed by atoms with van der Waals surface area (Å²) in [6, 6.07) is 14.8. The first-order valence-electron chi connectivity index (χ1n) is 11.3. The molecule has 0 aromatic heterocycles. The van der Waals surface area contributed by atoms with E-state index in [0.29, 0.717) is 39.4 Å². The number of rotatable bonds is 8. The minimum atomic E-state index is -3.85. The van der Waals surface area contributed by atoms with Crippen molar-refractivity contribution in [2.75, 3.05) is 39.4 Å². The summed E-state index contributed by atoms with van der Waals surface area (Å²) in [5.41, 5.74) is 1.03. The van der Waals surface area contributed by atoms with Crippen molar-refractivity contribution < 1.29 is 21.6 Å². The molecule has 10 heteroatoms. The van der Waals surface area contributed by atoms with Crippen LogP contribution in [0.3, 0.4) is 0 Å².